The molecule has 1 saturated heterocycles. The van der Waals surface area contributed by atoms with Gasteiger partial charge in [-0.05, 0) is 51.3 Å². The summed E-state index contributed by atoms with van der Waals surface area (Å²) < 4.78 is 5.46. The summed E-state index contributed by atoms with van der Waals surface area (Å²) in [7, 11) is 0. The second kappa shape index (κ2) is 9.78. The van der Waals surface area contributed by atoms with E-state index in [9.17, 15) is 14.7 Å². The van der Waals surface area contributed by atoms with Crippen molar-refractivity contribution in [2.75, 3.05) is 26.2 Å². The molecule has 1 unspecified atom stereocenters. The van der Waals surface area contributed by atoms with Crippen LogP contribution in [0.5, 0.6) is 0 Å². The molecule has 1 saturated carbocycles. The van der Waals surface area contributed by atoms with Gasteiger partial charge in [0.15, 0.2) is 0 Å². The van der Waals surface area contributed by atoms with Crippen molar-refractivity contribution >= 4 is 23.6 Å². The van der Waals surface area contributed by atoms with Gasteiger partial charge >= 0.3 is 6.09 Å². The van der Waals surface area contributed by atoms with Crippen LogP contribution in [0.1, 0.15) is 70.8 Å². The third kappa shape index (κ3) is 6.13. The third-order valence-corrected chi connectivity index (χ3v) is 6.41. The van der Waals surface area contributed by atoms with Crippen LogP contribution in [0.4, 0.5) is 4.79 Å². The Balaban J connectivity index is 1.77. The van der Waals surface area contributed by atoms with Crippen molar-refractivity contribution < 1.29 is 19.4 Å². The third-order valence-electron chi connectivity index (χ3n) is 6.18. The molecule has 6 nitrogen and oxygen atoms in total. The van der Waals surface area contributed by atoms with E-state index in [1.54, 1.807) is 21.9 Å². The zero-order valence-corrected chi connectivity index (χ0v) is 19.7. The van der Waals surface area contributed by atoms with Gasteiger partial charge in [0.05, 0.1) is 11.5 Å². The number of aliphatic hydroxyl groups is 1. The molecule has 0 aromatic heterocycles. The number of carbonyl (C=O) groups is 2. The number of hydrogen-bond donors (Lipinski definition) is 1. The summed E-state index contributed by atoms with van der Waals surface area (Å²) in [5.41, 5.74) is -0.873. The van der Waals surface area contributed by atoms with Gasteiger partial charge in [-0.1, -0.05) is 49.4 Å². The molecule has 1 aliphatic heterocycles. The van der Waals surface area contributed by atoms with E-state index in [1.807, 2.05) is 32.9 Å². The number of nitrogens with zero attached hydrogens (tertiary/aromatic N) is 2. The van der Waals surface area contributed by atoms with Gasteiger partial charge in [-0.2, -0.15) is 0 Å². The summed E-state index contributed by atoms with van der Waals surface area (Å²) >= 11 is 6.24. The molecule has 2 aliphatic rings. The van der Waals surface area contributed by atoms with Crippen LogP contribution in [0, 0.1) is 0 Å². The molecule has 1 N–H and O–H groups in total. The van der Waals surface area contributed by atoms with Crippen molar-refractivity contribution in [2.24, 2.45) is 0 Å². The second-order valence-corrected chi connectivity index (χ2v) is 10.2. The first-order valence-electron chi connectivity index (χ1n) is 11.3. The highest BCUT2D eigenvalue weighted by Crippen LogP contribution is 2.41. The van der Waals surface area contributed by atoms with E-state index < -0.39 is 17.1 Å². The highest BCUT2D eigenvalue weighted by atomic mass is 35.5. The maximum absolute atomic E-state index is 13.7. The lowest BCUT2D eigenvalue weighted by Crippen LogP contribution is -2.55. The Morgan fingerprint density at radius 2 is 1.61 bits per heavy atom. The Labute approximate surface area is 190 Å². The van der Waals surface area contributed by atoms with Crippen LogP contribution in [0.25, 0.3) is 0 Å². The first kappa shape index (κ1) is 23.9. The number of benzene rings is 1. The fourth-order valence-corrected chi connectivity index (χ4v) is 4.82. The van der Waals surface area contributed by atoms with Gasteiger partial charge in [0.25, 0.3) is 0 Å². The molecular weight excluding hydrogens is 416 g/mol. The van der Waals surface area contributed by atoms with Gasteiger partial charge < -0.3 is 19.6 Å². The molecule has 0 spiro atoms. The Kier molecular flexibility index (Phi) is 7.53. The van der Waals surface area contributed by atoms with Crippen molar-refractivity contribution in [3.05, 3.63) is 34.9 Å². The number of piperazine rings is 1. The van der Waals surface area contributed by atoms with Gasteiger partial charge in [-0.15, -0.1) is 0 Å². The lowest BCUT2D eigenvalue weighted by molar-refractivity contribution is -0.142. The number of rotatable bonds is 3. The molecule has 1 atom stereocenters. The maximum Gasteiger partial charge on any atom is 0.410 e. The molecule has 31 heavy (non-hydrogen) atoms. The maximum atomic E-state index is 13.7. The van der Waals surface area contributed by atoms with Gasteiger partial charge in [0.1, 0.15) is 5.60 Å². The van der Waals surface area contributed by atoms with Crippen LogP contribution in [-0.2, 0) is 9.53 Å². The summed E-state index contributed by atoms with van der Waals surface area (Å²) in [5.74, 6) is -0.743. The molecule has 3 rings (SSSR count). The predicted octanol–water partition coefficient (Wildman–Crippen LogP) is 4.59. The van der Waals surface area contributed by atoms with Crippen molar-refractivity contribution in [1.82, 2.24) is 9.80 Å². The molecule has 0 radical (unpaired) electrons. The minimum atomic E-state index is -1.08. The normalized spacial score (nSPS) is 20.7. The molecule has 1 heterocycles. The standard InChI is InChI=1S/C24H35ClN2O4/c1-23(2,3)31-22(29)27-15-13-26(14-16-27)21(28)20(18-9-8-10-19(25)17-18)24(30)11-6-4-5-7-12-24/h8-10,17,20,30H,4-7,11-16H2,1-3H3. The fourth-order valence-electron chi connectivity index (χ4n) is 4.62. The van der Waals surface area contributed by atoms with Gasteiger partial charge in [-0.3, -0.25) is 4.79 Å². The van der Waals surface area contributed by atoms with Crippen LogP contribution in [0.2, 0.25) is 5.02 Å². The molecule has 2 amide bonds. The molecule has 1 aromatic rings. The molecule has 1 aromatic carbocycles. The summed E-state index contributed by atoms with van der Waals surface area (Å²) in [6.07, 6.45) is 4.83. The molecule has 7 heteroatoms. The van der Waals surface area contributed by atoms with Gasteiger partial charge in [0.2, 0.25) is 5.91 Å². The lowest BCUT2D eigenvalue weighted by atomic mass is 9.76. The summed E-state index contributed by atoms with van der Waals surface area (Å²) in [5, 5.41) is 12.2. The number of ether oxygens (including phenoxy) is 1. The summed E-state index contributed by atoms with van der Waals surface area (Å²) in [6, 6.07) is 7.29. The highest BCUT2D eigenvalue weighted by molar-refractivity contribution is 6.30. The van der Waals surface area contributed by atoms with E-state index in [0.717, 1.165) is 31.2 Å². The minimum absolute atomic E-state index is 0.0875. The average molecular weight is 451 g/mol. The van der Waals surface area contributed by atoms with Crippen molar-refractivity contribution in [3.63, 3.8) is 0 Å². The largest absolute Gasteiger partial charge is 0.444 e. The van der Waals surface area contributed by atoms with E-state index >= 15 is 0 Å². The Morgan fingerprint density at radius 3 is 2.16 bits per heavy atom. The Bertz CT molecular complexity index is 776. The van der Waals surface area contributed by atoms with E-state index in [-0.39, 0.29) is 12.0 Å². The summed E-state index contributed by atoms with van der Waals surface area (Å²) in [4.78, 5) is 29.5. The predicted molar refractivity (Wildman–Crippen MR) is 121 cm³/mol. The monoisotopic (exact) mass is 450 g/mol. The zero-order chi connectivity index (χ0) is 22.6. The van der Waals surface area contributed by atoms with Crippen LogP contribution in [0.3, 0.4) is 0 Å². The number of hydrogen-bond acceptors (Lipinski definition) is 4. The first-order valence-corrected chi connectivity index (χ1v) is 11.7. The lowest BCUT2D eigenvalue weighted by Gasteiger charge is -2.41. The van der Waals surface area contributed by atoms with E-state index in [0.29, 0.717) is 44.0 Å². The van der Waals surface area contributed by atoms with E-state index in [2.05, 4.69) is 0 Å². The Hall–Kier alpha value is -1.79. The molecule has 2 fully saturated rings. The van der Waals surface area contributed by atoms with E-state index in [1.165, 1.54) is 0 Å². The molecular formula is C24H35ClN2O4. The number of halogens is 1. The zero-order valence-electron chi connectivity index (χ0n) is 18.9. The second-order valence-electron chi connectivity index (χ2n) is 9.80. The van der Waals surface area contributed by atoms with Crippen LogP contribution in [0.15, 0.2) is 24.3 Å². The van der Waals surface area contributed by atoms with Crippen LogP contribution < -0.4 is 0 Å². The van der Waals surface area contributed by atoms with Gasteiger partial charge in [-0.25, -0.2) is 4.79 Å². The molecule has 1 aliphatic carbocycles. The number of amides is 2. The van der Waals surface area contributed by atoms with Crippen LogP contribution >= 0.6 is 11.6 Å². The highest BCUT2D eigenvalue weighted by Gasteiger charge is 2.44. The van der Waals surface area contributed by atoms with Crippen molar-refractivity contribution in [2.45, 2.75) is 76.4 Å². The number of carbonyl (C=O) groups excluding carboxylic acids is 2. The topological polar surface area (TPSA) is 70.1 Å². The quantitative estimate of drug-likeness (QED) is 0.684. The average Bonchev–Trinajstić information content (AvgIpc) is 2.92. The molecule has 172 valence electrons. The van der Waals surface area contributed by atoms with Crippen molar-refractivity contribution in [1.29, 1.82) is 0 Å². The minimum Gasteiger partial charge on any atom is -0.444 e. The SMILES string of the molecule is CC(C)(C)OC(=O)N1CCN(C(=O)C(c2cccc(Cl)c2)C2(O)CCCCCC2)CC1. The van der Waals surface area contributed by atoms with Gasteiger partial charge in [0, 0.05) is 31.2 Å². The molecule has 0 bridgehead atoms. The smallest absolute Gasteiger partial charge is 0.410 e. The first-order chi connectivity index (χ1) is 14.6. The van der Waals surface area contributed by atoms with E-state index in [4.69, 9.17) is 16.3 Å². The Morgan fingerprint density at radius 1 is 1.03 bits per heavy atom. The van der Waals surface area contributed by atoms with Crippen LogP contribution in [-0.4, -0.2) is 64.3 Å². The summed E-state index contributed by atoms with van der Waals surface area (Å²) in [6.45, 7) is 7.20. The fraction of sp³-hybridized carbons (Fsp3) is 0.667. The van der Waals surface area contributed by atoms with Crippen molar-refractivity contribution in [3.8, 4) is 0 Å².